The Bertz CT molecular complexity index is 1330. The first kappa shape index (κ1) is 23.7. The minimum atomic E-state index is -3.63. The normalized spacial score (nSPS) is 19.1. The standard InChI is InChI=1S/2C9H7.2C7H7.C2H7Si.Ti/c2*1-2-5-9-7-3-6-8(9)4-1;2*1-7-5-3-2-4-6-7;1-3-2;/h2*1-7H;2*2-6H,1H2;3H,1-2H3;. The molecule has 0 aromatic heterocycles. The first-order valence-corrected chi connectivity index (χ1v) is 23.0. The van der Waals surface area contributed by atoms with E-state index >= 15 is 0 Å². The van der Waals surface area contributed by atoms with Gasteiger partial charge in [0.2, 0.25) is 0 Å². The predicted molar refractivity (Wildman–Crippen MR) is 156 cm³/mol. The molecule has 0 spiro atoms. The molecule has 0 bridgehead atoms. The van der Waals surface area contributed by atoms with Gasteiger partial charge in [-0.05, 0) is 0 Å². The Hall–Kier alpha value is -2.71. The van der Waals surface area contributed by atoms with Crippen LogP contribution < -0.4 is 0 Å². The molecule has 0 heterocycles. The molecule has 0 nitrogen and oxygen atoms in total. The molecule has 2 heteroatoms. The van der Waals surface area contributed by atoms with E-state index in [0.29, 0.717) is 8.45 Å². The molecule has 0 aliphatic heterocycles. The average molecular weight is 520 g/mol. The van der Waals surface area contributed by atoms with Gasteiger partial charge in [-0.25, -0.2) is 0 Å². The zero-order valence-electron chi connectivity index (χ0n) is 21.3. The zero-order valence-corrected chi connectivity index (χ0v) is 24.1. The van der Waals surface area contributed by atoms with Crippen LogP contribution in [0.4, 0.5) is 0 Å². The fourth-order valence-corrected chi connectivity index (χ4v) is 36.1. The maximum absolute atomic E-state index is 3.63. The van der Waals surface area contributed by atoms with Crippen LogP contribution in [-0.2, 0) is 24.0 Å². The molecule has 0 radical (unpaired) electrons. The van der Waals surface area contributed by atoms with Gasteiger partial charge in [0.1, 0.15) is 0 Å². The van der Waals surface area contributed by atoms with Crippen molar-refractivity contribution in [2.75, 3.05) is 0 Å². The molecular formula is C34H35SiTi. The van der Waals surface area contributed by atoms with E-state index in [1.165, 1.54) is 31.7 Å². The van der Waals surface area contributed by atoms with Crippen molar-refractivity contribution < 1.29 is 14.6 Å². The maximum atomic E-state index is 2.70. The average Bonchev–Trinajstić information content (AvgIpc) is 3.55. The molecule has 4 aromatic rings. The summed E-state index contributed by atoms with van der Waals surface area (Å²) in [5.41, 5.74) is 9.10. The van der Waals surface area contributed by atoms with Crippen molar-refractivity contribution in [3.63, 3.8) is 0 Å². The van der Waals surface area contributed by atoms with E-state index in [9.17, 15) is 0 Å². The third-order valence-corrected chi connectivity index (χ3v) is 41.7. The van der Waals surface area contributed by atoms with Crippen molar-refractivity contribution >= 4 is 18.8 Å². The van der Waals surface area contributed by atoms with Crippen LogP contribution in [-0.4, -0.2) is 6.66 Å². The first-order chi connectivity index (χ1) is 17.6. The van der Waals surface area contributed by atoms with Crippen molar-refractivity contribution in [1.29, 1.82) is 0 Å². The number of hydrogen-bond acceptors (Lipinski definition) is 0. The van der Waals surface area contributed by atoms with Gasteiger partial charge in [-0.2, -0.15) is 0 Å². The topological polar surface area (TPSA) is 0 Å². The molecule has 0 N–H and O–H groups in total. The molecule has 0 saturated carbocycles. The molecule has 0 fully saturated rings. The second-order valence-corrected chi connectivity index (χ2v) is 34.4. The van der Waals surface area contributed by atoms with E-state index in [1.54, 1.807) is 11.1 Å². The summed E-state index contributed by atoms with van der Waals surface area (Å²) < 4.78 is 3.57. The van der Waals surface area contributed by atoms with E-state index in [2.05, 4.69) is 147 Å². The molecule has 2 aliphatic rings. The zero-order chi connectivity index (χ0) is 24.6. The number of rotatable bonds is 7. The van der Waals surface area contributed by atoms with Gasteiger partial charge in [-0.1, -0.05) is 0 Å². The van der Waals surface area contributed by atoms with Crippen molar-refractivity contribution in [3.8, 4) is 0 Å². The summed E-state index contributed by atoms with van der Waals surface area (Å²) >= 11 is -3.63. The number of benzene rings is 4. The molecule has 6 rings (SSSR count). The van der Waals surface area contributed by atoms with Crippen LogP contribution >= 0.6 is 0 Å². The molecule has 0 saturated heterocycles. The van der Waals surface area contributed by atoms with Crippen LogP contribution in [0.25, 0.3) is 12.2 Å². The second-order valence-electron chi connectivity index (χ2n) is 11.4. The quantitative estimate of drug-likeness (QED) is 0.215. The van der Waals surface area contributed by atoms with Gasteiger partial charge in [0.25, 0.3) is 0 Å². The summed E-state index contributed by atoms with van der Waals surface area (Å²) in [5, 5.41) is 0. The molecule has 36 heavy (non-hydrogen) atoms. The fourth-order valence-electron chi connectivity index (χ4n) is 7.80. The Morgan fingerprint density at radius 2 is 0.917 bits per heavy atom. The van der Waals surface area contributed by atoms with E-state index < -0.39 is 21.2 Å². The summed E-state index contributed by atoms with van der Waals surface area (Å²) in [6.45, 7) is 4.17. The fraction of sp³-hybridized carbons (Fsp3) is 0.176. The Balaban J connectivity index is 1.70. The number of allylic oxidation sites excluding steroid dienone is 2. The Morgan fingerprint density at radius 1 is 0.528 bits per heavy atom. The second kappa shape index (κ2) is 9.31. The molecule has 2 unspecified atom stereocenters. The van der Waals surface area contributed by atoms with Gasteiger partial charge in [-0.15, -0.1) is 0 Å². The van der Waals surface area contributed by atoms with Gasteiger partial charge < -0.3 is 0 Å². The molecule has 0 amide bonds. The summed E-state index contributed by atoms with van der Waals surface area (Å²) in [6, 6.07) is 41.5. The summed E-state index contributed by atoms with van der Waals surface area (Å²) in [7, 11) is 0. The van der Waals surface area contributed by atoms with Crippen molar-refractivity contribution in [2.45, 2.75) is 31.0 Å². The minimum absolute atomic E-state index is 0.533. The van der Waals surface area contributed by atoms with Crippen molar-refractivity contribution in [1.82, 2.24) is 0 Å². The molecule has 179 valence electrons. The van der Waals surface area contributed by atoms with E-state index in [1.807, 2.05) is 0 Å². The molecule has 2 atom stereocenters. The molecule has 2 aliphatic carbocycles. The number of hydrogen-bond donors (Lipinski definition) is 0. The Labute approximate surface area is 218 Å². The summed E-state index contributed by atoms with van der Waals surface area (Å²) in [6.07, 6.45) is 10.2. The SMILES string of the molecule is C[SiH](C)[Ti]([CH2]c1ccccc1)([CH2]c1ccccc1)([CH]1C=Cc2ccccc21)[CH]1C=Cc2ccccc21. The number of fused-ring (bicyclic) bond motifs is 2. The third-order valence-electron chi connectivity index (χ3n) is 9.64. The van der Waals surface area contributed by atoms with Crippen LogP contribution in [0, 0.1) is 0 Å². The van der Waals surface area contributed by atoms with Gasteiger partial charge in [-0.3, -0.25) is 0 Å². The Morgan fingerprint density at radius 3 is 1.33 bits per heavy atom. The monoisotopic (exact) mass is 519 g/mol. The van der Waals surface area contributed by atoms with E-state index in [0.717, 1.165) is 0 Å². The van der Waals surface area contributed by atoms with Crippen molar-refractivity contribution in [2.24, 2.45) is 0 Å². The van der Waals surface area contributed by atoms with E-state index in [4.69, 9.17) is 0 Å². The third kappa shape index (κ3) is 3.60. The first-order valence-electron chi connectivity index (χ1n) is 13.4. The van der Waals surface area contributed by atoms with Gasteiger partial charge in [0.05, 0.1) is 0 Å². The summed E-state index contributed by atoms with van der Waals surface area (Å²) in [4.78, 5) is 0. The van der Waals surface area contributed by atoms with Gasteiger partial charge in [0, 0.05) is 0 Å². The van der Waals surface area contributed by atoms with E-state index in [-0.39, 0.29) is 0 Å². The van der Waals surface area contributed by atoms with Crippen LogP contribution in [0.5, 0.6) is 0 Å². The van der Waals surface area contributed by atoms with Gasteiger partial charge in [0.15, 0.2) is 0 Å². The summed E-state index contributed by atoms with van der Waals surface area (Å²) in [5.74, 6) is 0. The molecular weight excluding hydrogens is 484 g/mol. The van der Waals surface area contributed by atoms with Gasteiger partial charge >= 0.3 is 219 Å². The molecule has 4 aromatic carbocycles. The van der Waals surface area contributed by atoms with Crippen LogP contribution in [0.1, 0.15) is 41.8 Å². The Kier molecular flexibility index (Phi) is 6.12. The van der Waals surface area contributed by atoms with Crippen LogP contribution in [0.15, 0.2) is 121 Å². The van der Waals surface area contributed by atoms with Crippen molar-refractivity contribution in [3.05, 3.63) is 155 Å². The van der Waals surface area contributed by atoms with Crippen LogP contribution in [0.2, 0.25) is 13.1 Å². The predicted octanol–water partition coefficient (Wildman–Crippen LogP) is 8.60. The van der Waals surface area contributed by atoms with Crippen LogP contribution in [0.3, 0.4) is 0 Å².